The number of carbonyl (C=O) groups is 1. The van der Waals surface area contributed by atoms with Crippen LogP contribution in [-0.4, -0.2) is 19.2 Å². The maximum Gasteiger partial charge on any atom is 0.343 e. The summed E-state index contributed by atoms with van der Waals surface area (Å²) < 4.78 is 29.0. The molecule has 0 spiro atoms. The highest BCUT2D eigenvalue weighted by Crippen LogP contribution is 2.45. The molecular formula is C35H28Cl4N2O6. The lowest BCUT2D eigenvalue weighted by Crippen LogP contribution is -2.21. The zero-order valence-corrected chi connectivity index (χ0v) is 28.3. The fourth-order valence-corrected chi connectivity index (χ4v) is 5.97. The molecule has 0 amide bonds. The van der Waals surface area contributed by atoms with Gasteiger partial charge in [-0.2, -0.15) is 5.26 Å². The van der Waals surface area contributed by atoms with E-state index in [4.69, 9.17) is 75.8 Å². The molecule has 0 fully saturated rings. The number of allylic oxidation sites excluding steroid dienone is 1. The minimum absolute atomic E-state index is 0.0784. The van der Waals surface area contributed by atoms with Crippen molar-refractivity contribution in [2.75, 3.05) is 13.2 Å². The van der Waals surface area contributed by atoms with Gasteiger partial charge in [-0.1, -0.05) is 71.5 Å². The summed E-state index contributed by atoms with van der Waals surface area (Å²) >= 11 is 25.0. The zero-order chi connectivity index (χ0) is 33.7. The van der Waals surface area contributed by atoms with Crippen molar-refractivity contribution in [2.45, 2.75) is 32.8 Å². The number of nitriles is 1. The second kappa shape index (κ2) is 15.1. The summed E-state index contributed by atoms with van der Waals surface area (Å²) in [7, 11) is 0. The van der Waals surface area contributed by atoms with Crippen molar-refractivity contribution in [3.8, 4) is 34.8 Å². The van der Waals surface area contributed by atoms with Gasteiger partial charge in [-0.05, 0) is 61.4 Å². The molecule has 0 saturated carbocycles. The van der Waals surface area contributed by atoms with E-state index >= 15 is 0 Å². The van der Waals surface area contributed by atoms with Crippen LogP contribution in [0, 0.1) is 11.3 Å². The average molecular weight is 714 g/mol. The van der Waals surface area contributed by atoms with Crippen LogP contribution < -0.4 is 29.4 Å². The molecule has 5 rings (SSSR count). The lowest BCUT2D eigenvalue weighted by molar-refractivity contribution is 0.0734. The third kappa shape index (κ3) is 7.66. The van der Waals surface area contributed by atoms with Gasteiger partial charge in [0, 0.05) is 27.2 Å². The van der Waals surface area contributed by atoms with Crippen molar-refractivity contribution < 1.29 is 28.5 Å². The van der Waals surface area contributed by atoms with E-state index in [2.05, 4.69) is 6.07 Å². The Kier molecular flexibility index (Phi) is 10.9. The third-order valence-corrected chi connectivity index (χ3v) is 8.23. The number of nitrogens with zero attached hydrogens (tertiary/aromatic N) is 1. The van der Waals surface area contributed by atoms with E-state index in [-0.39, 0.29) is 39.4 Å². The van der Waals surface area contributed by atoms with Gasteiger partial charge in [0.15, 0.2) is 17.2 Å². The highest BCUT2D eigenvalue weighted by atomic mass is 35.5. The average Bonchev–Trinajstić information content (AvgIpc) is 3.03. The number of benzene rings is 4. The molecule has 242 valence electrons. The number of fused-ring (bicyclic) bond motifs is 1. The first-order chi connectivity index (χ1) is 22.6. The van der Waals surface area contributed by atoms with E-state index < -0.39 is 11.9 Å². The molecule has 2 N–H and O–H groups in total. The van der Waals surface area contributed by atoms with E-state index in [1.54, 1.807) is 42.5 Å². The smallest absolute Gasteiger partial charge is 0.343 e. The molecule has 1 atom stereocenters. The van der Waals surface area contributed by atoms with Gasteiger partial charge in [0.05, 0.1) is 34.7 Å². The van der Waals surface area contributed by atoms with Crippen LogP contribution in [-0.2, 0) is 6.61 Å². The zero-order valence-electron chi connectivity index (χ0n) is 25.2. The molecule has 4 aromatic carbocycles. The monoisotopic (exact) mass is 712 g/mol. The SMILES string of the molecule is CCCOc1c(Cl)cc(C(=O)Oc2ccc3c(c2)OC(N)=C(C#N)C3c2ccc(OCc3ccc(Cl)cc3Cl)c(OCC)c2)cc1Cl. The molecule has 0 saturated heterocycles. The summed E-state index contributed by atoms with van der Waals surface area (Å²) in [6.45, 7) is 4.79. The maximum atomic E-state index is 13.0. The molecule has 47 heavy (non-hydrogen) atoms. The maximum absolute atomic E-state index is 13.0. The summed E-state index contributed by atoms with van der Waals surface area (Å²) in [5.41, 5.74) is 8.66. The fourth-order valence-electron chi connectivity index (χ4n) is 4.91. The Bertz CT molecular complexity index is 1880. The number of nitrogens with two attached hydrogens (primary N) is 1. The molecule has 1 unspecified atom stereocenters. The standard InChI is InChI=1S/C35H28Cl4N2O6/c1-3-11-44-33-27(38)12-21(13-28(33)39)35(42)46-23-8-9-24-30(16-23)47-34(41)25(17-40)32(24)19-6-10-29(31(14-19)43-4-2)45-18-20-5-7-22(36)15-26(20)37/h5-10,12-16,32H,3-4,11,18,41H2,1-2H3. The van der Waals surface area contributed by atoms with Crippen molar-refractivity contribution >= 4 is 52.4 Å². The molecule has 0 radical (unpaired) electrons. The molecule has 12 heteroatoms. The van der Waals surface area contributed by atoms with Crippen LogP contribution in [0.3, 0.4) is 0 Å². The van der Waals surface area contributed by atoms with Crippen LogP contribution in [0.4, 0.5) is 0 Å². The highest BCUT2D eigenvalue weighted by molar-refractivity contribution is 6.37. The summed E-state index contributed by atoms with van der Waals surface area (Å²) in [6.07, 6.45) is 0.765. The largest absolute Gasteiger partial charge is 0.490 e. The quantitative estimate of drug-likeness (QED) is 0.121. The molecule has 1 aliphatic rings. The van der Waals surface area contributed by atoms with Gasteiger partial charge in [-0.3, -0.25) is 0 Å². The Labute approximate surface area is 292 Å². The van der Waals surface area contributed by atoms with Gasteiger partial charge in [0.1, 0.15) is 29.7 Å². The van der Waals surface area contributed by atoms with Crippen molar-refractivity contribution in [2.24, 2.45) is 5.73 Å². The molecule has 1 aliphatic heterocycles. The summed E-state index contributed by atoms with van der Waals surface area (Å²) in [5, 5.41) is 11.5. The molecule has 0 aliphatic carbocycles. The van der Waals surface area contributed by atoms with Gasteiger partial charge in [0.2, 0.25) is 5.88 Å². The highest BCUT2D eigenvalue weighted by Gasteiger charge is 2.32. The first kappa shape index (κ1) is 34.1. The van der Waals surface area contributed by atoms with Crippen molar-refractivity contribution in [3.63, 3.8) is 0 Å². The second-order valence-corrected chi connectivity index (χ2v) is 12.0. The molecule has 4 aromatic rings. The van der Waals surface area contributed by atoms with Gasteiger partial charge in [0.25, 0.3) is 0 Å². The molecule has 0 bridgehead atoms. The van der Waals surface area contributed by atoms with Crippen LogP contribution in [0.15, 0.2) is 78.2 Å². The van der Waals surface area contributed by atoms with Crippen LogP contribution in [0.2, 0.25) is 20.1 Å². The number of halogens is 4. The third-order valence-electron chi connectivity index (χ3n) is 7.08. The van der Waals surface area contributed by atoms with Crippen LogP contribution in [0.25, 0.3) is 0 Å². The minimum atomic E-state index is -0.693. The van der Waals surface area contributed by atoms with Crippen molar-refractivity contribution in [1.82, 2.24) is 0 Å². The van der Waals surface area contributed by atoms with Crippen molar-refractivity contribution in [3.05, 3.63) is 121 Å². The van der Waals surface area contributed by atoms with Gasteiger partial charge in [-0.25, -0.2) is 4.79 Å². The molecule has 1 heterocycles. The number of ether oxygens (including phenoxy) is 5. The predicted octanol–water partition coefficient (Wildman–Crippen LogP) is 9.50. The van der Waals surface area contributed by atoms with Gasteiger partial charge in [-0.15, -0.1) is 0 Å². The number of hydrogen-bond acceptors (Lipinski definition) is 8. The number of hydrogen-bond donors (Lipinski definition) is 1. The van der Waals surface area contributed by atoms with Crippen LogP contribution in [0.1, 0.15) is 53.2 Å². The lowest BCUT2D eigenvalue weighted by Gasteiger charge is -2.27. The molecule has 8 nitrogen and oxygen atoms in total. The number of rotatable bonds is 11. The molecule has 0 aromatic heterocycles. The Morgan fingerprint density at radius 1 is 0.894 bits per heavy atom. The number of esters is 1. The Balaban J connectivity index is 1.42. The van der Waals surface area contributed by atoms with Crippen LogP contribution in [0.5, 0.6) is 28.7 Å². The second-order valence-electron chi connectivity index (χ2n) is 10.3. The van der Waals surface area contributed by atoms with Gasteiger partial charge >= 0.3 is 5.97 Å². The predicted molar refractivity (Wildman–Crippen MR) is 181 cm³/mol. The van der Waals surface area contributed by atoms with E-state index in [0.717, 1.165) is 12.0 Å². The Morgan fingerprint density at radius 3 is 2.34 bits per heavy atom. The summed E-state index contributed by atoms with van der Waals surface area (Å²) in [4.78, 5) is 13.0. The Hall–Kier alpha value is -4.26. The Morgan fingerprint density at radius 2 is 1.66 bits per heavy atom. The summed E-state index contributed by atoms with van der Waals surface area (Å²) in [6, 6.07) is 20.4. The number of carbonyl (C=O) groups excluding carboxylic acids is 1. The normalized spacial score (nSPS) is 13.7. The van der Waals surface area contributed by atoms with E-state index in [1.165, 1.54) is 18.2 Å². The van der Waals surface area contributed by atoms with Crippen molar-refractivity contribution in [1.29, 1.82) is 5.26 Å². The van der Waals surface area contributed by atoms with E-state index in [0.29, 0.717) is 57.4 Å². The van der Waals surface area contributed by atoms with E-state index in [9.17, 15) is 10.1 Å². The van der Waals surface area contributed by atoms with Crippen LogP contribution >= 0.6 is 46.4 Å². The van der Waals surface area contributed by atoms with Gasteiger partial charge < -0.3 is 29.4 Å². The van der Waals surface area contributed by atoms with E-state index in [1.807, 2.05) is 19.9 Å². The lowest BCUT2D eigenvalue weighted by atomic mass is 9.83. The first-order valence-electron chi connectivity index (χ1n) is 14.5. The fraction of sp³-hybridized carbons (Fsp3) is 0.200. The summed E-state index contributed by atoms with van der Waals surface area (Å²) in [5.74, 6) is 0.358. The topological polar surface area (TPSA) is 113 Å². The minimum Gasteiger partial charge on any atom is -0.490 e. The first-order valence-corrected chi connectivity index (χ1v) is 16.0. The molecular weight excluding hydrogens is 686 g/mol.